The lowest BCUT2D eigenvalue weighted by Crippen LogP contribution is -1.86. The molecule has 9 heavy (non-hydrogen) atoms. The fourth-order valence-corrected chi connectivity index (χ4v) is 5.48. The van der Waals surface area contributed by atoms with E-state index in [4.69, 9.17) is 0 Å². The van der Waals surface area contributed by atoms with Crippen LogP contribution in [-0.4, -0.2) is 3.23 Å². The molecule has 0 saturated heterocycles. The predicted molar refractivity (Wildman–Crippen MR) is 43.9 cm³/mol. The van der Waals surface area contributed by atoms with Crippen LogP contribution in [-0.2, 0) is 0 Å². The van der Waals surface area contributed by atoms with Crippen LogP contribution in [0.3, 0.4) is 0 Å². The maximum atomic E-state index is 3.77. The van der Waals surface area contributed by atoms with Crippen molar-refractivity contribution < 1.29 is 0 Å². The van der Waals surface area contributed by atoms with Gasteiger partial charge in [-0.15, -0.1) is 0 Å². The Kier molecular flexibility index (Phi) is 0.669. The third-order valence-corrected chi connectivity index (χ3v) is 6.59. The van der Waals surface area contributed by atoms with E-state index in [1.807, 2.05) is 0 Å². The van der Waals surface area contributed by atoms with Gasteiger partial charge in [0.15, 0.2) is 0 Å². The second-order valence-corrected chi connectivity index (χ2v) is 7.18. The molecule has 0 bridgehead atoms. The lowest BCUT2D eigenvalue weighted by atomic mass is 10.3. The molecule has 50 valence electrons. The molecule has 2 heteroatoms. The highest BCUT2D eigenvalue weighted by Gasteiger charge is 2.94. The van der Waals surface area contributed by atoms with Gasteiger partial charge in [-0.2, -0.15) is 0 Å². The molecule has 3 aliphatic carbocycles. The van der Waals surface area contributed by atoms with Crippen LogP contribution in [0.15, 0.2) is 0 Å². The van der Waals surface area contributed by atoms with Crippen molar-refractivity contribution in [2.75, 3.05) is 0 Å². The monoisotopic (exact) mass is 250 g/mol. The Morgan fingerprint density at radius 2 is 1.11 bits per heavy atom. The highest BCUT2D eigenvalue weighted by Crippen LogP contribution is 2.98. The third-order valence-electron chi connectivity index (χ3n) is 3.56. The van der Waals surface area contributed by atoms with Crippen molar-refractivity contribution in [2.24, 2.45) is 10.8 Å². The number of rotatable bonds is 0. The number of hydrogen-bond acceptors (Lipinski definition) is 0. The van der Waals surface area contributed by atoms with Crippen molar-refractivity contribution in [1.82, 2.24) is 0 Å². The van der Waals surface area contributed by atoms with Gasteiger partial charge >= 0.3 is 0 Å². The first-order valence-electron chi connectivity index (χ1n) is 3.54. The highest BCUT2D eigenvalue weighted by atomic mass is 79.9. The lowest BCUT2D eigenvalue weighted by molar-refractivity contribution is 0.716. The van der Waals surface area contributed by atoms with Crippen LogP contribution in [0.25, 0.3) is 0 Å². The summed E-state index contributed by atoms with van der Waals surface area (Å²) in [6.07, 6.45) is 5.85. The molecule has 0 aromatic rings. The van der Waals surface area contributed by atoms with Gasteiger partial charge in [-0.1, -0.05) is 31.9 Å². The summed E-state index contributed by atoms with van der Waals surface area (Å²) in [6.45, 7) is 0. The van der Waals surface area contributed by atoms with Gasteiger partial charge in [0.25, 0.3) is 0 Å². The molecule has 0 amide bonds. The van der Waals surface area contributed by atoms with Crippen LogP contribution < -0.4 is 0 Å². The van der Waals surface area contributed by atoms with Gasteiger partial charge in [0, 0.05) is 10.8 Å². The predicted octanol–water partition coefficient (Wildman–Crippen LogP) is 3.05. The van der Waals surface area contributed by atoms with Crippen molar-refractivity contribution in [3.63, 3.8) is 0 Å². The Hall–Kier alpha value is 0.960. The molecule has 0 aromatic heterocycles. The van der Waals surface area contributed by atoms with Gasteiger partial charge in [-0.3, -0.25) is 0 Å². The summed E-state index contributed by atoms with van der Waals surface area (Å²) in [5.74, 6) is 0. The van der Waals surface area contributed by atoms with Crippen molar-refractivity contribution in [3.05, 3.63) is 0 Å². The minimum atomic E-state index is 0.389. The molecule has 0 nitrogen and oxygen atoms in total. The van der Waals surface area contributed by atoms with Gasteiger partial charge in [0.2, 0.25) is 0 Å². The summed E-state index contributed by atoms with van der Waals surface area (Å²) < 4.78 is 0.389. The maximum absolute atomic E-state index is 3.77. The summed E-state index contributed by atoms with van der Waals surface area (Å²) >= 11 is 7.54. The second-order valence-electron chi connectivity index (χ2n) is 3.74. The Bertz CT molecular complexity index is 156. The van der Waals surface area contributed by atoms with Gasteiger partial charge in [-0.05, 0) is 25.7 Å². The quantitative estimate of drug-likeness (QED) is 0.581. The first-order chi connectivity index (χ1) is 4.16. The smallest absolute Gasteiger partial charge is 0.0714 e. The molecule has 0 atom stereocenters. The number of halogens is 2. The van der Waals surface area contributed by atoms with E-state index in [0.29, 0.717) is 3.23 Å². The zero-order chi connectivity index (χ0) is 6.33. The highest BCUT2D eigenvalue weighted by molar-refractivity contribution is 9.25. The molecular formula is C7H8Br2. The van der Waals surface area contributed by atoms with E-state index >= 15 is 0 Å². The average molecular weight is 252 g/mol. The standard InChI is InChI=1S/C7H8Br2/c8-7(9)5(1-2-5)6(7)3-4-6/h1-4H2. The molecule has 0 aliphatic heterocycles. The summed E-state index contributed by atoms with van der Waals surface area (Å²) in [6, 6.07) is 0. The van der Waals surface area contributed by atoms with E-state index in [1.54, 1.807) is 0 Å². The maximum Gasteiger partial charge on any atom is 0.0929 e. The Morgan fingerprint density at radius 3 is 1.22 bits per heavy atom. The zero-order valence-corrected chi connectivity index (χ0v) is 8.26. The molecule has 3 rings (SSSR count). The number of alkyl halides is 2. The molecule has 3 aliphatic rings. The van der Waals surface area contributed by atoms with Crippen LogP contribution in [0.2, 0.25) is 0 Å². The Labute approximate surface area is 71.6 Å². The van der Waals surface area contributed by atoms with E-state index in [1.165, 1.54) is 25.7 Å². The van der Waals surface area contributed by atoms with Gasteiger partial charge in [0.05, 0.1) is 3.23 Å². The van der Waals surface area contributed by atoms with Crippen LogP contribution in [0.5, 0.6) is 0 Å². The van der Waals surface area contributed by atoms with E-state index in [-0.39, 0.29) is 0 Å². The molecule has 0 heterocycles. The van der Waals surface area contributed by atoms with E-state index in [0.717, 1.165) is 10.8 Å². The lowest BCUT2D eigenvalue weighted by Gasteiger charge is -1.90. The SMILES string of the molecule is BrC1(Br)C2(CC2)C12CC2. The van der Waals surface area contributed by atoms with Gasteiger partial charge in [0.1, 0.15) is 0 Å². The minimum absolute atomic E-state index is 0.389. The van der Waals surface area contributed by atoms with E-state index < -0.39 is 0 Å². The third kappa shape index (κ3) is 0.336. The van der Waals surface area contributed by atoms with E-state index in [9.17, 15) is 0 Å². The molecule has 0 N–H and O–H groups in total. The molecule has 0 unspecified atom stereocenters. The zero-order valence-electron chi connectivity index (χ0n) is 5.08. The van der Waals surface area contributed by atoms with Gasteiger partial charge < -0.3 is 0 Å². The summed E-state index contributed by atoms with van der Waals surface area (Å²) in [7, 11) is 0. The minimum Gasteiger partial charge on any atom is -0.0714 e. The fraction of sp³-hybridized carbons (Fsp3) is 1.00. The molecule has 0 aromatic carbocycles. The molecule has 3 saturated carbocycles. The van der Waals surface area contributed by atoms with Crippen LogP contribution in [0, 0.1) is 10.8 Å². The number of hydrogen-bond donors (Lipinski definition) is 0. The van der Waals surface area contributed by atoms with Crippen LogP contribution in [0.1, 0.15) is 25.7 Å². The first-order valence-corrected chi connectivity index (χ1v) is 5.13. The van der Waals surface area contributed by atoms with Crippen molar-refractivity contribution in [2.45, 2.75) is 28.9 Å². The largest absolute Gasteiger partial charge is 0.0929 e. The number of fused-ring (bicyclic) bond motifs is 1. The van der Waals surface area contributed by atoms with E-state index in [2.05, 4.69) is 31.9 Å². The van der Waals surface area contributed by atoms with Crippen molar-refractivity contribution in [1.29, 1.82) is 0 Å². The average Bonchev–Trinajstić information content (AvgIpc) is 2.60. The second kappa shape index (κ2) is 1.08. The molecular weight excluding hydrogens is 244 g/mol. The molecule has 2 spiro atoms. The van der Waals surface area contributed by atoms with Crippen LogP contribution >= 0.6 is 31.9 Å². The summed E-state index contributed by atoms with van der Waals surface area (Å²) in [5.41, 5.74) is 1.47. The van der Waals surface area contributed by atoms with Crippen molar-refractivity contribution in [3.8, 4) is 0 Å². The molecule has 0 radical (unpaired) electrons. The first kappa shape index (κ1) is 5.59. The Balaban J connectivity index is 2.11. The van der Waals surface area contributed by atoms with Gasteiger partial charge in [-0.25, -0.2) is 0 Å². The molecule has 3 fully saturated rings. The fourth-order valence-electron chi connectivity index (χ4n) is 2.58. The Morgan fingerprint density at radius 1 is 0.778 bits per heavy atom. The van der Waals surface area contributed by atoms with Crippen LogP contribution in [0.4, 0.5) is 0 Å². The topological polar surface area (TPSA) is 0 Å². The summed E-state index contributed by atoms with van der Waals surface area (Å²) in [5, 5.41) is 0. The normalized spacial score (nSPS) is 43.3. The summed E-state index contributed by atoms with van der Waals surface area (Å²) in [4.78, 5) is 0. The van der Waals surface area contributed by atoms with Crippen molar-refractivity contribution >= 4 is 31.9 Å².